The number of ether oxygens (including phenoxy) is 2. The van der Waals surface area contributed by atoms with Gasteiger partial charge in [-0.15, -0.1) is 0 Å². The number of pyridine rings is 1. The van der Waals surface area contributed by atoms with Crippen LogP contribution < -0.4 is 9.47 Å². The molecule has 2 aromatic heterocycles. The van der Waals surface area contributed by atoms with Crippen molar-refractivity contribution in [3.8, 4) is 28.4 Å². The number of benzene rings is 2. The van der Waals surface area contributed by atoms with Crippen LogP contribution in [0.1, 0.15) is 16.8 Å². The van der Waals surface area contributed by atoms with Crippen molar-refractivity contribution in [3.63, 3.8) is 0 Å². The SMILES string of the molecule is Cc1nn(-c2ccccc2C(F)(F)F)c2nc(-c3ccc4c(c3)OCO4)cc(C(F)(F)F)c12. The number of nitrogens with zero attached hydrogens (tertiary/aromatic N) is 3. The first-order chi connectivity index (χ1) is 15.5. The lowest BCUT2D eigenvalue weighted by Crippen LogP contribution is -2.12. The molecule has 33 heavy (non-hydrogen) atoms. The Bertz CT molecular complexity index is 1390. The Morgan fingerprint density at radius 1 is 0.848 bits per heavy atom. The Hall–Kier alpha value is -3.76. The molecule has 0 spiro atoms. The number of hydrogen-bond donors (Lipinski definition) is 0. The first-order valence-corrected chi connectivity index (χ1v) is 9.58. The average molecular weight is 465 g/mol. The van der Waals surface area contributed by atoms with Crippen molar-refractivity contribution in [1.82, 2.24) is 14.8 Å². The average Bonchev–Trinajstić information content (AvgIpc) is 3.35. The molecule has 0 radical (unpaired) electrons. The predicted molar refractivity (Wildman–Crippen MR) is 105 cm³/mol. The largest absolute Gasteiger partial charge is 0.454 e. The quantitative estimate of drug-likeness (QED) is 0.333. The molecular weight excluding hydrogens is 452 g/mol. The molecule has 0 amide bonds. The fourth-order valence-corrected chi connectivity index (χ4v) is 3.78. The van der Waals surface area contributed by atoms with Crippen LogP contribution in [0.4, 0.5) is 26.3 Å². The monoisotopic (exact) mass is 465 g/mol. The van der Waals surface area contributed by atoms with E-state index in [0.29, 0.717) is 11.5 Å². The van der Waals surface area contributed by atoms with E-state index in [1.165, 1.54) is 37.3 Å². The van der Waals surface area contributed by atoms with Gasteiger partial charge in [0.1, 0.15) is 0 Å². The third kappa shape index (κ3) is 3.53. The fourth-order valence-electron chi connectivity index (χ4n) is 3.78. The lowest BCUT2D eigenvalue weighted by Gasteiger charge is -2.14. The van der Waals surface area contributed by atoms with E-state index in [1.807, 2.05) is 0 Å². The number of hydrogen-bond acceptors (Lipinski definition) is 4. The lowest BCUT2D eigenvalue weighted by molar-refractivity contribution is -0.138. The molecule has 1 aliphatic rings. The molecule has 0 N–H and O–H groups in total. The lowest BCUT2D eigenvalue weighted by atomic mass is 10.0. The molecule has 1 aliphatic heterocycles. The minimum atomic E-state index is -4.80. The summed E-state index contributed by atoms with van der Waals surface area (Å²) < 4.78 is 94.2. The van der Waals surface area contributed by atoms with E-state index >= 15 is 0 Å². The molecule has 170 valence electrons. The molecule has 0 aliphatic carbocycles. The van der Waals surface area contributed by atoms with Crippen LogP contribution in [0.5, 0.6) is 11.5 Å². The van der Waals surface area contributed by atoms with Crippen molar-refractivity contribution in [1.29, 1.82) is 0 Å². The molecule has 0 saturated heterocycles. The number of aromatic nitrogens is 3. The number of rotatable bonds is 2. The molecule has 3 heterocycles. The van der Waals surface area contributed by atoms with Crippen LogP contribution in [0.3, 0.4) is 0 Å². The van der Waals surface area contributed by atoms with Gasteiger partial charge in [0.25, 0.3) is 0 Å². The highest BCUT2D eigenvalue weighted by molar-refractivity contribution is 5.87. The molecule has 5 nitrogen and oxygen atoms in total. The summed E-state index contributed by atoms with van der Waals surface area (Å²) in [6.45, 7) is 1.27. The second-order valence-corrected chi connectivity index (χ2v) is 7.33. The Morgan fingerprint density at radius 3 is 2.27 bits per heavy atom. The number of halogens is 6. The van der Waals surface area contributed by atoms with Crippen LogP contribution >= 0.6 is 0 Å². The van der Waals surface area contributed by atoms with Crippen LogP contribution in [0.25, 0.3) is 28.0 Å². The molecule has 0 saturated carbocycles. The molecule has 4 aromatic rings. The van der Waals surface area contributed by atoms with E-state index in [-0.39, 0.29) is 34.8 Å². The summed E-state index contributed by atoms with van der Waals surface area (Å²) in [5.41, 5.74) is -2.77. The van der Waals surface area contributed by atoms with Gasteiger partial charge in [-0.3, -0.25) is 0 Å². The molecular formula is C22H13F6N3O2. The van der Waals surface area contributed by atoms with Crippen LogP contribution in [-0.4, -0.2) is 21.6 Å². The molecule has 5 rings (SSSR count). The number of fused-ring (bicyclic) bond motifs is 2. The van der Waals surface area contributed by atoms with Crippen LogP contribution in [0.2, 0.25) is 0 Å². The molecule has 0 bridgehead atoms. The highest BCUT2D eigenvalue weighted by atomic mass is 19.4. The summed E-state index contributed by atoms with van der Waals surface area (Å²) in [5, 5.41) is 3.64. The third-order valence-electron chi connectivity index (χ3n) is 5.22. The fraction of sp³-hybridized carbons (Fsp3) is 0.182. The van der Waals surface area contributed by atoms with Crippen molar-refractivity contribution >= 4 is 11.0 Å². The van der Waals surface area contributed by atoms with Crippen LogP contribution in [0, 0.1) is 6.92 Å². The predicted octanol–water partition coefficient (Wildman–Crippen LogP) is 6.16. The maximum absolute atomic E-state index is 14.0. The third-order valence-corrected chi connectivity index (χ3v) is 5.22. The zero-order valence-electron chi connectivity index (χ0n) is 16.8. The topological polar surface area (TPSA) is 49.2 Å². The van der Waals surface area contributed by atoms with Gasteiger partial charge in [-0.25, -0.2) is 9.67 Å². The standard InChI is InChI=1S/C22H13F6N3O2/c1-11-19-14(22(26,27)28)9-15(12-6-7-17-18(8-12)33-10-32-17)29-20(19)31(30-11)16-5-3-2-4-13(16)21(23,24)25/h2-9H,10H2,1H3. The number of aryl methyl sites for hydroxylation is 1. The van der Waals surface area contributed by atoms with Crippen molar-refractivity contribution in [2.75, 3.05) is 6.79 Å². The van der Waals surface area contributed by atoms with E-state index in [1.54, 1.807) is 0 Å². The zero-order valence-corrected chi connectivity index (χ0v) is 16.8. The van der Waals surface area contributed by atoms with Gasteiger partial charge in [-0.05, 0) is 43.3 Å². The van der Waals surface area contributed by atoms with Gasteiger partial charge in [0.2, 0.25) is 6.79 Å². The Labute approximate surface area is 182 Å². The molecule has 0 unspecified atom stereocenters. The van der Waals surface area contributed by atoms with Crippen LogP contribution in [0.15, 0.2) is 48.5 Å². The van der Waals surface area contributed by atoms with Crippen LogP contribution in [-0.2, 0) is 12.4 Å². The van der Waals surface area contributed by atoms with Crippen molar-refractivity contribution in [3.05, 3.63) is 65.4 Å². The summed E-state index contributed by atoms with van der Waals surface area (Å²) >= 11 is 0. The van der Waals surface area contributed by atoms with Crippen molar-refractivity contribution in [2.45, 2.75) is 19.3 Å². The summed E-state index contributed by atoms with van der Waals surface area (Å²) in [7, 11) is 0. The first-order valence-electron chi connectivity index (χ1n) is 9.58. The van der Waals surface area contributed by atoms with Crippen molar-refractivity contribution < 1.29 is 35.8 Å². The first kappa shape index (κ1) is 21.1. The van der Waals surface area contributed by atoms with Gasteiger partial charge in [-0.1, -0.05) is 12.1 Å². The van der Waals surface area contributed by atoms with Gasteiger partial charge >= 0.3 is 12.4 Å². The molecule has 11 heteroatoms. The van der Waals surface area contributed by atoms with E-state index in [9.17, 15) is 26.3 Å². The van der Waals surface area contributed by atoms with E-state index in [2.05, 4.69) is 10.1 Å². The van der Waals surface area contributed by atoms with Gasteiger partial charge in [-0.2, -0.15) is 31.4 Å². The number of para-hydroxylation sites is 1. The van der Waals surface area contributed by atoms with Crippen molar-refractivity contribution in [2.24, 2.45) is 0 Å². The second-order valence-electron chi connectivity index (χ2n) is 7.33. The molecule has 0 atom stereocenters. The highest BCUT2D eigenvalue weighted by Crippen LogP contribution is 2.42. The highest BCUT2D eigenvalue weighted by Gasteiger charge is 2.38. The Kier molecular flexibility index (Phi) is 4.56. The Morgan fingerprint density at radius 2 is 1.55 bits per heavy atom. The summed E-state index contributed by atoms with van der Waals surface area (Å²) in [6.07, 6.45) is -9.54. The summed E-state index contributed by atoms with van der Waals surface area (Å²) in [4.78, 5) is 4.30. The summed E-state index contributed by atoms with van der Waals surface area (Å²) in [5.74, 6) is 0.755. The van der Waals surface area contributed by atoms with Gasteiger partial charge < -0.3 is 9.47 Å². The van der Waals surface area contributed by atoms with E-state index < -0.39 is 29.2 Å². The Balaban J connectivity index is 1.82. The van der Waals surface area contributed by atoms with Gasteiger partial charge in [0.15, 0.2) is 17.1 Å². The smallest absolute Gasteiger partial charge is 0.418 e. The minimum Gasteiger partial charge on any atom is -0.454 e. The van der Waals surface area contributed by atoms with Gasteiger partial charge in [0.05, 0.1) is 33.6 Å². The molecule has 0 fully saturated rings. The second kappa shape index (κ2) is 7.12. The molecule has 2 aromatic carbocycles. The van der Waals surface area contributed by atoms with E-state index in [0.717, 1.165) is 22.9 Å². The number of alkyl halides is 6. The van der Waals surface area contributed by atoms with Gasteiger partial charge in [0, 0.05) is 5.56 Å². The van der Waals surface area contributed by atoms with E-state index in [4.69, 9.17) is 9.47 Å². The summed E-state index contributed by atoms with van der Waals surface area (Å²) in [6, 6.07) is 9.86. The zero-order chi connectivity index (χ0) is 23.5. The maximum Gasteiger partial charge on any atom is 0.418 e. The maximum atomic E-state index is 14.0. The minimum absolute atomic E-state index is 0.0285. The normalized spacial score (nSPS) is 13.7.